The number of aromatic nitrogens is 3. The van der Waals surface area contributed by atoms with Crippen molar-refractivity contribution in [2.24, 2.45) is 5.92 Å². The van der Waals surface area contributed by atoms with Gasteiger partial charge in [0, 0.05) is 12.7 Å². The molecule has 0 saturated carbocycles. The SMILES string of the molecule is CN1CCC(CNc2nc3ccccn3n2)CC1. The largest absolute Gasteiger partial charge is 0.353 e. The first-order valence-electron chi connectivity index (χ1n) is 6.55. The standard InChI is InChI=1S/C13H19N5/c1-17-8-5-11(6-9-17)10-14-13-15-12-4-2-3-7-18(12)16-13/h2-4,7,11H,5-6,8-10H2,1H3,(H,14,16). The Kier molecular flexibility index (Phi) is 3.15. The molecule has 1 aliphatic heterocycles. The predicted molar refractivity (Wildman–Crippen MR) is 71.7 cm³/mol. The number of fused-ring (bicyclic) bond motifs is 1. The number of hydrogen-bond acceptors (Lipinski definition) is 4. The lowest BCUT2D eigenvalue weighted by Gasteiger charge is -2.28. The van der Waals surface area contributed by atoms with Gasteiger partial charge in [-0.2, -0.15) is 4.98 Å². The zero-order chi connectivity index (χ0) is 12.4. The molecular weight excluding hydrogens is 226 g/mol. The van der Waals surface area contributed by atoms with Gasteiger partial charge in [0.1, 0.15) is 0 Å². The molecular formula is C13H19N5. The summed E-state index contributed by atoms with van der Waals surface area (Å²) in [5.41, 5.74) is 0.892. The molecule has 1 N–H and O–H groups in total. The van der Waals surface area contributed by atoms with Crippen molar-refractivity contribution in [1.82, 2.24) is 19.5 Å². The summed E-state index contributed by atoms with van der Waals surface area (Å²) in [5, 5.41) is 7.75. The third-order valence-electron chi connectivity index (χ3n) is 3.63. The normalized spacial score (nSPS) is 18.3. The molecule has 2 aromatic heterocycles. The molecule has 0 amide bonds. The Morgan fingerprint density at radius 3 is 2.94 bits per heavy atom. The van der Waals surface area contributed by atoms with Gasteiger partial charge in [-0.3, -0.25) is 0 Å². The van der Waals surface area contributed by atoms with Crippen LogP contribution in [0, 0.1) is 5.92 Å². The lowest BCUT2D eigenvalue weighted by molar-refractivity contribution is 0.226. The van der Waals surface area contributed by atoms with Crippen LogP contribution in [0.1, 0.15) is 12.8 Å². The molecule has 1 aliphatic rings. The fraction of sp³-hybridized carbons (Fsp3) is 0.538. The van der Waals surface area contributed by atoms with E-state index in [0.717, 1.165) is 24.1 Å². The fourth-order valence-electron chi connectivity index (χ4n) is 2.41. The van der Waals surface area contributed by atoms with Gasteiger partial charge in [0.2, 0.25) is 5.95 Å². The lowest BCUT2D eigenvalue weighted by Crippen LogP contribution is -2.33. The van der Waals surface area contributed by atoms with Gasteiger partial charge in [-0.15, -0.1) is 5.10 Å². The topological polar surface area (TPSA) is 45.5 Å². The van der Waals surface area contributed by atoms with Gasteiger partial charge >= 0.3 is 0 Å². The second kappa shape index (κ2) is 4.94. The van der Waals surface area contributed by atoms with E-state index < -0.39 is 0 Å². The van der Waals surface area contributed by atoms with E-state index in [-0.39, 0.29) is 0 Å². The number of anilines is 1. The highest BCUT2D eigenvalue weighted by Gasteiger charge is 2.16. The quantitative estimate of drug-likeness (QED) is 0.889. The molecule has 5 heteroatoms. The summed E-state index contributed by atoms with van der Waals surface area (Å²) in [7, 11) is 2.19. The van der Waals surface area contributed by atoms with Gasteiger partial charge in [-0.1, -0.05) is 6.07 Å². The smallest absolute Gasteiger partial charge is 0.243 e. The number of hydrogen-bond donors (Lipinski definition) is 1. The fourth-order valence-corrected chi connectivity index (χ4v) is 2.41. The first kappa shape index (κ1) is 11.5. The second-order valence-electron chi connectivity index (χ2n) is 5.07. The summed E-state index contributed by atoms with van der Waals surface area (Å²) < 4.78 is 1.80. The van der Waals surface area contributed by atoms with Gasteiger partial charge in [0.25, 0.3) is 0 Å². The molecule has 1 fully saturated rings. The van der Waals surface area contributed by atoms with Crippen LogP contribution in [-0.2, 0) is 0 Å². The Balaban J connectivity index is 1.59. The monoisotopic (exact) mass is 245 g/mol. The number of nitrogens with zero attached hydrogens (tertiary/aromatic N) is 4. The number of likely N-dealkylation sites (tertiary alicyclic amines) is 1. The number of rotatable bonds is 3. The van der Waals surface area contributed by atoms with Crippen LogP contribution in [0.2, 0.25) is 0 Å². The summed E-state index contributed by atoms with van der Waals surface area (Å²) in [6.45, 7) is 3.38. The molecule has 5 nitrogen and oxygen atoms in total. The zero-order valence-electron chi connectivity index (χ0n) is 10.7. The van der Waals surface area contributed by atoms with Gasteiger partial charge < -0.3 is 10.2 Å². The van der Waals surface area contributed by atoms with E-state index in [2.05, 4.69) is 27.3 Å². The Morgan fingerprint density at radius 1 is 1.33 bits per heavy atom. The van der Waals surface area contributed by atoms with E-state index in [1.165, 1.54) is 25.9 Å². The molecule has 0 spiro atoms. The number of piperidine rings is 1. The maximum Gasteiger partial charge on any atom is 0.243 e. The van der Waals surface area contributed by atoms with Crippen molar-refractivity contribution >= 4 is 11.6 Å². The third-order valence-corrected chi connectivity index (χ3v) is 3.63. The highest BCUT2D eigenvalue weighted by atomic mass is 15.3. The second-order valence-corrected chi connectivity index (χ2v) is 5.07. The van der Waals surface area contributed by atoms with Crippen LogP contribution in [0.3, 0.4) is 0 Å². The van der Waals surface area contributed by atoms with E-state index in [1.54, 1.807) is 4.52 Å². The van der Waals surface area contributed by atoms with Gasteiger partial charge in [0.15, 0.2) is 5.65 Å². The molecule has 0 bridgehead atoms. The molecule has 1 saturated heterocycles. The molecule has 0 aromatic carbocycles. The molecule has 3 rings (SSSR count). The molecule has 0 unspecified atom stereocenters. The van der Waals surface area contributed by atoms with Crippen molar-refractivity contribution in [2.45, 2.75) is 12.8 Å². The Bertz CT molecular complexity index is 480. The van der Waals surface area contributed by atoms with E-state index in [0.29, 0.717) is 0 Å². The van der Waals surface area contributed by atoms with Gasteiger partial charge in [0.05, 0.1) is 0 Å². The minimum atomic E-state index is 0.736. The van der Waals surface area contributed by atoms with E-state index in [4.69, 9.17) is 0 Å². The lowest BCUT2D eigenvalue weighted by atomic mass is 9.97. The van der Waals surface area contributed by atoms with Crippen molar-refractivity contribution in [3.8, 4) is 0 Å². The van der Waals surface area contributed by atoms with Crippen LogP contribution < -0.4 is 5.32 Å². The minimum absolute atomic E-state index is 0.736. The van der Waals surface area contributed by atoms with Crippen LogP contribution in [0.4, 0.5) is 5.95 Å². The van der Waals surface area contributed by atoms with Crippen molar-refractivity contribution in [3.63, 3.8) is 0 Å². The zero-order valence-corrected chi connectivity index (χ0v) is 10.7. The predicted octanol–water partition coefficient (Wildman–Crippen LogP) is 1.48. The number of nitrogens with one attached hydrogen (secondary N) is 1. The van der Waals surface area contributed by atoms with Gasteiger partial charge in [-0.25, -0.2) is 4.52 Å². The van der Waals surface area contributed by atoms with Crippen LogP contribution in [0.5, 0.6) is 0 Å². The third kappa shape index (κ3) is 2.46. The summed E-state index contributed by atoms with van der Waals surface area (Å²) in [6.07, 6.45) is 4.44. The molecule has 3 heterocycles. The van der Waals surface area contributed by atoms with Crippen LogP contribution in [0.15, 0.2) is 24.4 Å². The highest BCUT2D eigenvalue weighted by molar-refractivity contribution is 5.42. The Hall–Kier alpha value is -1.62. The summed E-state index contributed by atoms with van der Waals surface area (Å²) in [4.78, 5) is 6.83. The van der Waals surface area contributed by atoms with Crippen molar-refractivity contribution in [1.29, 1.82) is 0 Å². The van der Waals surface area contributed by atoms with Crippen LogP contribution >= 0.6 is 0 Å². The van der Waals surface area contributed by atoms with Gasteiger partial charge in [-0.05, 0) is 51.0 Å². The highest BCUT2D eigenvalue weighted by Crippen LogP contribution is 2.16. The molecule has 2 aromatic rings. The van der Waals surface area contributed by atoms with E-state index in [1.807, 2.05) is 24.4 Å². The molecule has 0 atom stereocenters. The average Bonchev–Trinajstić information content (AvgIpc) is 2.81. The molecule has 96 valence electrons. The summed E-state index contributed by atoms with van der Waals surface area (Å²) >= 11 is 0. The molecule has 0 radical (unpaired) electrons. The minimum Gasteiger partial charge on any atom is -0.353 e. The average molecular weight is 245 g/mol. The molecule has 0 aliphatic carbocycles. The van der Waals surface area contributed by atoms with E-state index >= 15 is 0 Å². The Labute approximate surface area is 107 Å². The van der Waals surface area contributed by atoms with E-state index in [9.17, 15) is 0 Å². The number of pyridine rings is 1. The first-order valence-corrected chi connectivity index (χ1v) is 6.55. The first-order chi connectivity index (χ1) is 8.81. The molecule has 18 heavy (non-hydrogen) atoms. The summed E-state index contributed by atoms with van der Waals surface area (Å²) in [6, 6.07) is 5.90. The van der Waals surface area contributed by atoms with Crippen molar-refractivity contribution in [3.05, 3.63) is 24.4 Å². The maximum absolute atomic E-state index is 4.44. The van der Waals surface area contributed by atoms with Crippen LogP contribution in [0.25, 0.3) is 5.65 Å². The Morgan fingerprint density at radius 2 is 2.17 bits per heavy atom. The van der Waals surface area contributed by atoms with Crippen molar-refractivity contribution < 1.29 is 0 Å². The van der Waals surface area contributed by atoms with Crippen LogP contribution in [-0.4, -0.2) is 46.2 Å². The van der Waals surface area contributed by atoms with Crippen molar-refractivity contribution in [2.75, 3.05) is 32.0 Å². The maximum atomic E-state index is 4.44. The summed E-state index contributed by atoms with van der Waals surface area (Å²) in [5.74, 6) is 1.48.